The number of imide groups is 1. The van der Waals surface area contributed by atoms with Gasteiger partial charge in [0.1, 0.15) is 11.5 Å². The summed E-state index contributed by atoms with van der Waals surface area (Å²) in [4.78, 5) is 46.8. The van der Waals surface area contributed by atoms with Crippen LogP contribution in [-0.2, 0) is 14.3 Å². The van der Waals surface area contributed by atoms with Crippen LogP contribution < -0.4 is 5.32 Å². The Morgan fingerprint density at radius 1 is 1.21 bits per heavy atom. The lowest BCUT2D eigenvalue weighted by Crippen LogP contribution is -2.29. The van der Waals surface area contributed by atoms with Gasteiger partial charge in [-0.3, -0.25) is 24.9 Å². The number of nitrogens with one attached hydrogen (secondary N) is 1. The molecule has 3 amide bonds. The van der Waals surface area contributed by atoms with Gasteiger partial charge in [0.2, 0.25) is 0 Å². The number of hydrogen-bond acceptors (Lipinski definition) is 6. The first-order valence-electron chi connectivity index (χ1n) is 7.28. The third-order valence-corrected chi connectivity index (χ3v) is 3.25. The van der Waals surface area contributed by atoms with E-state index in [1.54, 1.807) is 20.8 Å². The number of hydrogen-bond donors (Lipinski definition) is 2. The van der Waals surface area contributed by atoms with E-state index in [0.29, 0.717) is 5.69 Å². The third-order valence-electron chi connectivity index (χ3n) is 3.25. The molecule has 8 heteroatoms. The molecule has 0 spiro atoms. The molecular weight excluding hydrogens is 316 g/mol. The first kappa shape index (κ1) is 17.6. The molecule has 1 fully saturated rings. The molecule has 1 aliphatic heterocycles. The van der Waals surface area contributed by atoms with Crippen LogP contribution in [0.5, 0.6) is 0 Å². The highest BCUT2D eigenvalue weighted by Crippen LogP contribution is 2.23. The molecule has 1 aromatic carbocycles. The van der Waals surface area contributed by atoms with E-state index < -0.39 is 35.2 Å². The Balaban J connectivity index is 2.04. The normalized spacial score (nSPS) is 17.8. The van der Waals surface area contributed by atoms with Crippen molar-refractivity contribution < 1.29 is 29.1 Å². The monoisotopic (exact) mass is 334 g/mol. The highest BCUT2D eigenvalue weighted by atomic mass is 16.6. The van der Waals surface area contributed by atoms with Gasteiger partial charge in [-0.1, -0.05) is 0 Å². The van der Waals surface area contributed by atoms with E-state index in [0.717, 1.165) is 0 Å². The van der Waals surface area contributed by atoms with Gasteiger partial charge in [-0.15, -0.1) is 0 Å². The summed E-state index contributed by atoms with van der Waals surface area (Å²) >= 11 is 0. The van der Waals surface area contributed by atoms with Gasteiger partial charge in [0.25, 0.3) is 11.8 Å². The maximum atomic E-state index is 12.2. The summed E-state index contributed by atoms with van der Waals surface area (Å²) in [6.07, 6.45) is -0.986. The number of anilines is 1. The largest absolute Gasteiger partial charge is 0.444 e. The Bertz CT molecular complexity index is 690. The molecule has 128 valence electrons. The second-order valence-electron chi connectivity index (χ2n) is 6.37. The predicted octanol–water partition coefficient (Wildman–Crippen LogP) is 1.98. The lowest BCUT2D eigenvalue weighted by Gasteiger charge is -2.19. The second-order valence-corrected chi connectivity index (χ2v) is 6.37. The van der Waals surface area contributed by atoms with Crippen molar-refractivity contribution in [3.63, 3.8) is 0 Å². The lowest BCUT2D eigenvalue weighted by atomic mass is 9.96. The van der Waals surface area contributed by atoms with Crippen molar-refractivity contribution in [3.05, 3.63) is 29.8 Å². The average molecular weight is 334 g/mol. The van der Waals surface area contributed by atoms with Gasteiger partial charge >= 0.3 is 6.09 Å². The smallest absolute Gasteiger partial charge is 0.412 e. The van der Waals surface area contributed by atoms with E-state index in [1.165, 1.54) is 24.3 Å². The minimum Gasteiger partial charge on any atom is -0.444 e. The fourth-order valence-corrected chi connectivity index (χ4v) is 2.16. The van der Waals surface area contributed by atoms with Crippen LogP contribution in [0.4, 0.5) is 10.5 Å². The Morgan fingerprint density at radius 2 is 1.79 bits per heavy atom. The van der Waals surface area contributed by atoms with E-state index in [2.05, 4.69) is 5.32 Å². The summed E-state index contributed by atoms with van der Waals surface area (Å²) in [6, 6.07) is 5.81. The van der Waals surface area contributed by atoms with Crippen LogP contribution in [-0.4, -0.2) is 39.6 Å². The molecule has 2 rings (SSSR count). The quantitative estimate of drug-likeness (QED) is 0.378. The molecular formula is C16H18N2O6. The van der Waals surface area contributed by atoms with Crippen LogP contribution >= 0.6 is 0 Å². The standard InChI is InChI=1S/C16H18N2O6/c1-16(2,3)24-15(22)17-10-6-4-9(5-7-10)13(20)11-8-12(19)18(23)14(11)21/h4-7,11,23H,8H2,1-3H3,(H,17,22). The molecule has 1 aliphatic rings. The minimum atomic E-state index is -1.22. The molecule has 1 saturated heterocycles. The Hall–Kier alpha value is -2.74. The van der Waals surface area contributed by atoms with Crippen molar-refractivity contribution in [2.24, 2.45) is 5.92 Å². The second kappa shape index (κ2) is 6.40. The molecule has 0 saturated carbocycles. The van der Waals surface area contributed by atoms with Crippen LogP contribution in [0.2, 0.25) is 0 Å². The van der Waals surface area contributed by atoms with Crippen LogP contribution in [0.15, 0.2) is 24.3 Å². The maximum absolute atomic E-state index is 12.2. The highest BCUT2D eigenvalue weighted by Gasteiger charge is 2.42. The molecule has 24 heavy (non-hydrogen) atoms. The van der Waals surface area contributed by atoms with Gasteiger partial charge in [-0.2, -0.15) is 5.06 Å². The van der Waals surface area contributed by atoms with Crippen molar-refractivity contribution in [1.82, 2.24) is 5.06 Å². The number of Topliss-reactive ketones (excluding diaryl/α,β-unsaturated/α-hetero) is 1. The molecule has 1 atom stereocenters. The molecule has 1 unspecified atom stereocenters. The number of carbonyl (C=O) groups excluding carboxylic acids is 4. The molecule has 0 radical (unpaired) electrons. The van der Waals surface area contributed by atoms with Crippen molar-refractivity contribution >= 4 is 29.4 Å². The number of hydroxylamine groups is 2. The number of ether oxygens (including phenoxy) is 1. The summed E-state index contributed by atoms with van der Waals surface area (Å²) in [5.74, 6) is -3.51. The van der Waals surface area contributed by atoms with Gasteiger partial charge < -0.3 is 4.74 Å². The fourth-order valence-electron chi connectivity index (χ4n) is 2.16. The van der Waals surface area contributed by atoms with Crippen molar-refractivity contribution in [1.29, 1.82) is 0 Å². The summed E-state index contributed by atoms with van der Waals surface area (Å²) in [5.41, 5.74) is -0.0180. The van der Waals surface area contributed by atoms with E-state index in [-0.39, 0.29) is 17.0 Å². The van der Waals surface area contributed by atoms with E-state index in [1.807, 2.05) is 0 Å². The zero-order valence-corrected chi connectivity index (χ0v) is 13.5. The molecule has 2 N–H and O–H groups in total. The number of benzene rings is 1. The van der Waals surface area contributed by atoms with Crippen LogP contribution in [0.1, 0.15) is 37.6 Å². The van der Waals surface area contributed by atoms with Gasteiger partial charge in [-0.05, 0) is 45.0 Å². The number of carbonyl (C=O) groups is 4. The first-order chi connectivity index (χ1) is 11.1. The molecule has 0 bridgehead atoms. The molecule has 8 nitrogen and oxygen atoms in total. The molecule has 0 aliphatic carbocycles. The average Bonchev–Trinajstić information content (AvgIpc) is 2.73. The number of rotatable bonds is 3. The van der Waals surface area contributed by atoms with Gasteiger partial charge in [-0.25, -0.2) is 4.79 Å². The zero-order chi connectivity index (χ0) is 18.1. The zero-order valence-electron chi connectivity index (χ0n) is 13.5. The molecule has 1 aromatic rings. The van der Waals surface area contributed by atoms with Crippen LogP contribution in [0, 0.1) is 5.92 Å². The maximum Gasteiger partial charge on any atom is 0.412 e. The minimum absolute atomic E-state index is 0.0268. The van der Waals surface area contributed by atoms with E-state index in [4.69, 9.17) is 4.74 Å². The van der Waals surface area contributed by atoms with E-state index in [9.17, 15) is 24.4 Å². The van der Waals surface area contributed by atoms with Crippen molar-refractivity contribution in [2.75, 3.05) is 5.32 Å². The third kappa shape index (κ3) is 3.96. The molecule has 0 aromatic heterocycles. The SMILES string of the molecule is CC(C)(C)OC(=O)Nc1ccc(C(=O)C2CC(=O)N(O)C2=O)cc1. The van der Waals surface area contributed by atoms with Gasteiger partial charge in [0, 0.05) is 17.7 Å². The summed E-state index contributed by atoms with van der Waals surface area (Å²) in [7, 11) is 0. The number of amides is 3. The van der Waals surface area contributed by atoms with Crippen LogP contribution in [0.3, 0.4) is 0 Å². The fraction of sp³-hybridized carbons (Fsp3) is 0.375. The van der Waals surface area contributed by atoms with E-state index >= 15 is 0 Å². The summed E-state index contributed by atoms with van der Waals surface area (Å²) in [6.45, 7) is 5.20. The molecule has 1 heterocycles. The lowest BCUT2D eigenvalue weighted by molar-refractivity contribution is -0.171. The van der Waals surface area contributed by atoms with Crippen LogP contribution in [0.25, 0.3) is 0 Å². The Kier molecular flexibility index (Phi) is 4.70. The topological polar surface area (TPSA) is 113 Å². The van der Waals surface area contributed by atoms with Gasteiger partial charge in [0.05, 0.1) is 0 Å². The van der Waals surface area contributed by atoms with Gasteiger partial charge in [0.15, 0.2) is 5.78 Å². The Morgan fingerprint density at radius 3 is 2.25 bits per heavy atom. The van der Waals surface area contributed by atoms with Crippen molar-refractivity contribution in [3.8, 4) is 0 Å². The van der Waals surface area contributed by atoms with Crippen molar-refractivity contribution in [2.45, 2.75) is 32.8 Å². The number of ketones is 1. The predicted molar refractivity (Wildman–Crippen MR) is 82.4 cm³/mol. The summed E-state index contributed by atoms with van der Waals surface area (Å²) in [5, 5.41) is 11.7. The highest BCUT2D eigenvalue weighted by molar-refractivity contribution is 6.18. The Labute approximate surface area is 138 Å². The summed E-state index contributed by atoms with van der Waals surface area (Å²) < 4.78 is 5.11. The number of nitrogens with zero attached hydrogens (tertiary/aromatic N) is 1. The first-order valence-corrected chi connectivity index (χ1v) is 7.28.